The van der Waals surface area contributed by atoms with Crippen LogP contribution in [0.3, 0.4) is 0 Å². The average Bonchev–Trinajstić information content (AvgIpc) is 2.73. The molecule has 5 heteroatoms. The molecule has 1 saturated heterocycles. The second kappa shape index (κ2) is 10.1. The molecule has 29 heavy (non-hydrogen) atoms. The normalized spacial score (nSPS) is 19.1. The first-order valence-electron chi connectivity index (χ1n) is 10.4. The van der Waals surface area contributed by atoms with E-state index in [1.165, 1.54) is 11.1 Å². The van der Waals surface area contributed by atoms with Crippen molar-refractivity contribution >= 4 is 11.6 Å². The van der Waals surface area contributed by atoms with E-state index in [1.807, 2.05) is 18.2 Å². The van der Waals surface area contributed by atoms with Crippen molar-refractivity contribution in [3.8, 4) is 11.1 Å². The van der Waals surface area contributed by atoms with Crippen LogP contribution in [-0.2, 0) is 15.1 Å². The standard InChI is InChI=1S/C24H32ClNO3/c1-17-9-10-19(15-18(17)2)23-20(7-6-8-21(23)25)24(27,11-4-5-13-28-3)22-16-26-12-14-29-22/h6-10,15,22,26-27H,4-5,11-14,16H2,1-3H3/t22-,24?/m1/s1. The van der Waals surface area contributed by atoms with Crippen LogP contribution >= 0.6 is 11.6 Å². The number of methoxy groups -OCH3 is 1. The zero-order chi connectivity index (χ0) is 20.9. The molecule has 0 aromatic heterocycles. The van der Waals surface area contributed by atoms with Crippen LogP contribution in [0.15, 0.2) is 36.4 Å². The third-order valence-electron chi connectivity index (χ3n) is 5.89. The molecule has 2 atom stereocenters. The smallest absolute Gasteiger partial charge is 0.118 e. The van der Waals surface area contributed by atoms with Gasteiger partial charge in [-0.25, -0.2) is 0 Å². The van der Waals surface area contributed by atoms with Crippen molar-refractivity contribution < 1.29 is 14.6 Å². The Labute approximate surface area is 179 Å². The highest BCUT2D eigenvalue weighted by Gasteiger charge is 2.41. The molecule has 0 saturated carbocycles. The van der Waals surface area contributed by atoms with E-state index in [1.54, 1.807) is 7.11 Å². The van der Waals surface area contributed by atoms with Crippen molar-refractivity contribution in [1.82, 2.24) is 5.32 Å². The number of ether oxygens (including phenoxy) is 2. The molecule has 1 fully saturated rings. The molecule has 0 spiro atoms. The summed E-state index contributed by atoms with van der Waals surface area (Å²) < 4.78 is 11.2. The number of aliphatic hydroxyl groups is 1. The maximum absolute atomic E-state index is 12.0. The Balaban J connectivity index is 2.07. The molecule has 0 aliphatic carbocycles. The van der Waals surface area contributed by atoms with E-state index in [9.17, 15) is 5.11 Å². The number of halogens is 1. The zero-order valence-electron chi connectivity index (χ0n) is 17.6. The Morgan fingerprint density at radius 3 is 2.72 bits per heavy atom. The Bertz CT molecular complexity index is 820. The number of nitrogens with one attached hydrogen (secondary N) is 1. The third kappa shape index (κ3) is 5.01. The number of benzene rings is 2. The molecule has 1 aliphatic rings. The van der Waals surface area contributed by atoms with Crippen molar-refractivity contribution in [1.29, 1.82) is 0 Å². The van der Waals surface area contributed by atoms with Crippen LogP contribution < -0.4 is 5.32 Å². The number of rotatable bonds is 8. The van der Waals surface area contributed by atoms with Gasteiger partial charge in [0.1, 0.15) is 11.7 Å². The summed E-state index contributed by atoms with van der Waals surface area (Å²) in [5.74, 6) is 0. The lowest BCUT2D eigenvalue weighted by atomic mass is 9.79. The van der Waals surface area contributed by atoms with E-state index < -0.39 is 5.60 Å². The molecule has 158 valence electrons. The SMILES string of the molecule is COCCCCC(O)(c1cccc(Cl)c1-c1ccc(C)c(C)c1)[C@H]1CNCCO1. The fraction of sp³-hybridized carbons (Fsp3) is 0.500. The molecule has 2 aromatic carbocycles. The van der Waals surface area contributed by atoms with Crippen LogP contribution in [0.2, 0.25) is 5.02 Å². The van der Waals surface area contributed by atoms with Crippen molar-refractivity contribution in [2.45, 2.75) is 44.8 Å². The van der Waals surface area contributed by atoms with Crippen LogP contribution in [0.1, 0.15) is 36.0 Å². The molecule has 1 aliphatic heterocycles. The summed E-state index contributed by atoms with van der Waals surface area (Å²) in [6, 6.07) is 12.1. The second-order valence-electron chi connectivity index (χ2n) is 7.90. The molecular weight excluding hydrogens is 386 g/mol. The van der Waals surface area contributed by atoms with Crippen LogP contribution in [0, 0.1) is 13.8 Å². The molecule has 0 radical (unpaired) electrons. The fourth-order valence-corrected chi connectivity index (χ4v) is 4.34. The maximum Gasteiger partial charge on any atom is 0.118 e. The topological polar surface area (TPSA) is 50.7 Å². The van der Waals surface area contributed by atoms with Gasteiger partial charge in [-0.2, -0.15) is 0 Å². The fourth-order valence-electron chi connectivity index (χ4n) is 4.06. The minimum absolute atomic E-state index is 0.331. The Hall–Kier alpha value is -1.43. The van der Waals surface area contributed by atoms with Crippen LogP contribution in [-0.4, -0.2) is 44.6 Å². The van der Waals surface area contributed by atoms with Gasteiger partial charge in [-0.15, -0.1) is 0 Å². The lowest BCUT2D eigenvalue weighted by Crippen LogP contribution is -2.51. The van der Waals surface area contributed by atoms with Gasteiger partial charge in [0.25, 0.3) is 0 Å². The van der Waals surface area contributed by atoms with Crippen LogP contribution in [0.4, 0.5) is 0 Å². The molecule has 1 heterocycles. The zero-order valence-corrected chi connectivity index (χ0v) is 18.4. The number of morpholine rings is 1. The predicted octanol–water partition coefficient (Wildman–Crippen LogP) is 4.62. The first-order valence-corrected chi connectivity index (χ1v) is 10.8. The van der Waals surface area contributed by atoms with E-state index in [0.717, 1.165) is 36.1 Å². The van der Waals surface area contributed by atoms with Crippen LogP contribution in [0.5, 0.6) is 0 Å². The number of hydrogen-bond donors (Lipinski definition) is 2. The van der Waals surface area contributed by atoms with E-state index in [-0.39, 0.29) is 6.10 Å². The number of aryl methyl sites for hydroxylation is 2. The summed E-state index contributed by atoms with van der Waals surface area (Å²) >= 11 is 6.70. The van der Waals surface area contributed by atoms with Gasteiger partial charge in [-0.1, -0.05) is 41.9 Å². The molecule has 1 unspecified atom stereocenters. The minimum Gasteiger partial charge on any atom is -0.385 e. The average molecular weight is 418 g/mol. The van der Waals surface area contributed by atoms with E-state index in [0.29, 0.717) is 31.2 Å². The Kier molecular flexibility index (Phi) is 7.72. The second-order valence-corrected chi connectivity index (χ2v) is 8.31. The summed E-state index contributed by atoms with van der Waals surface area (Å²) in [5.41, 5.74) is 4.04. The minimum atomic E-state index is -1.14. The molecule has 2 aromatic rings. The van der Waals surface area contributed by atoms with Gasteiger partial charge in [0, 0.05) is 37.4 Å². The van der Waals surface area contributed by atoms with Gasteiger partial charge in [-0.3, -0.25) is 0 Å². The number of hydrogen-bond acceptors (Lipinski definition) is 4. The summed E-state index contributed by atoms with van der Waals surface area (Å²) in [6.45, 7) is 6.88. The summed E-state index contributed by atoms with van der Waals surface area (Å²) in [7, 11) is 1.70. The monoisotopic (exact) mass is 417 g/mol. The quantitative estimate of drug-likeness (QED) is 0.615. The summed E-state index contributed by atoms with van der Waals surface area (Å²) in [4.78, 5) is 0. The number of unbranched alkanes of at least 4 members (excludes halogenated alkanes) is 1. The molecule has 3 rings (SSSR count). The first kappa shape index (κ1) is 22.3. The van der Waals surface area contributed by atoms with Crippen molar-refractivity contribution in [3.63, 3.8) is 0 Å². The molecule has 0 bridgehead atoms. The molecule has 0 amide bonds. The highest BCUT2D eigenvalue weighted by Crippen LogP contribution is 2.42. The molecule has 4 nitrogen and oxygen atoms in total. The van der Waals surface area contributed by atoms with E-state index in [2.05, 4.69) is 37.4 Å². The largest absolute Gasteiger partial charge is 0.385 e. The lowest BCUT2D eigenvalue weighted by Gasteiger charge is -2.40. The van der Waals surface area contributed by atoms with Crippen molar-refractivity contribution in [2.75, 3.05) is 33.4 Å². The first-order chi connectivity index (χ1) is 14.0. The predicted molar refractivity (Wildman–Crippen MR) is 119 cm³/mol. The van der Waals surface area contributed by atoms with Crippen molar-refractivity contribution in [3.05, 3.63) is 58.1 Å². The summed E-state index contributed by atoms with van der Waals surface area (Å²) in [6.07, 6.45) is 1.98. The van der Waals surface area contributed by atoms with Gasteiger partial charge in [0.15, 0.2) is 0 Å². The van der Waals surface area contributed by atoms with E-state index in [4.69, 9.17) is 21.1 Å². The summed E-state index contributed by atoms with van der Waals surface area (Å²) in [5, 5.41) is 16.0. The lowest BCUT2D eigenvalue weighted by molar-refractivity contribution is -0.129. The maximum atomic E-state index is 12.0. The third-order valence-corrected chi connectivity index (χ3v) is 6.21. The molecular formula is C24H32ClNO3. The van der Waals surface area contributed by atoms with Gasteiger partial charge in [0.2, 0.25) is 0 Å². The highest BCUT2D eigenvalue weighted by atomic mass is 35.5. The highest BCUT2D eigenvalue weighted by molar-refractivity contribution is 6.33. The van der Waals surface area contributed by atoms with E-state index >= 15 is 0 Å². The van der Waals surface area contributed by atoms with Gasteiger partial charge >= 0.3 is 0 Å². The Morgan fingerprint density at radius 1 is 1.21 bits per heavy atom. The molecule has 2 N–H and O–H groups in total. The van der Waals surface area contributed by atoms with Gasteiger partial charge < -0.3 is 19.9 Å². The van der Waals surface area contributed by atoms with Crippen LogP contribution in [0.25, 0.3) is 11.1 Å². The van der Waals surface area contributed by atoms with Gasteiger partial charge in [-0.05, 0) is 61.4 Å². The van der Waals surface area contributed by atoms with Gasteiger partial charge in [0.05, 0.1) is 6.61 Å². The Morgan fingerprint density at radius 2 is 2.03 bits per heavy atom. The van der Waals surface area contributed by atoms with Crippen molar-refractivity contribution in [2.24, 2.45) is 0 Å².